The molecule has 1 amide bonds. The lowest BCUT2D eigenvalue weighted by Gasteiger charge is -2.15. The highest BCUT2D eigenvalue weighted by Crippen LogP contribution is 2.38. The van der Waals surface area contributed by atoms with Crippen molar-refractivity contribution in [2.75, 3.05) is 18.6 Å². The molecule has 1 saturated heterocycles. The van der Waals surface area contributed by atoms with E-state index >= 15 is 0 Å². The van der Waals surface area contributed by atoms with Gasteiger partial charge in [-0.1, -0.05) is 11.6 Å². The molecule has 0 atom stereocenters. The highest BCUT2D eigenvalue weighted by atomic mass is 35.5. The number of methoxy groups -OCH3 is 1. The van der Waals surface area contributed by atoms with Gasteiger partial charge in [-0.2, -0.15) is 8.78 Å². The first kappa shape index (κ1) is 21.8. The number of aliphatic imine (C=N–C) groups is 1. The van der Waals surface area contributed by atoms with E-state index in [0.29, 0.717) is 24.1 Å². The van der Waals surface area contributed by atoms with Gasteiger partial charge in [-0.05, 0) is 54.5 Å². The summed E-state index contributed by atoms with van der Waals surface area (Å²) in [6.07, 6.45) is 2.75. The van der Waals surface area contributed by atoms with Crippen LogP contribution in [0.25, 0.3) is 6.08 Å². The van der Waals surface area contributed by atoms with E-state index in [9.17, 15) is 18.4 Å². The molecule has 2 heterocycles. The van der Waals surface area contributed by atoms with Crippen LogP contribution in [0.15, 0.2) is 47.1 Å². The number of cyclic esters (lactones) is 1. The summed E-state index contributed by atoms with van der Waals surface area (Å²) in [6, 6.07) is 9.70. The second-order valence-electron chi connectivity index (χ2n) is 6.94. The van der Waals surface area contributed by atoms with E-state index < -0.39 is 12.6 Å². The smallest absolute Gasteiger partial charge is 0.387 e. The monoisotopic (exact) mass is 462 g/mol. The maximum Gasteiger partial charge on any atom is 0.387 e. The lowest BCUT2D eigenvalue weighted by Crippen LogP contribution is -2.23. The van der Waals surface area contributed by atoms with Crippen LogP contribution >= 0.6 is 11.6 Å². The molecule has 0 saturated carbocycles. The molecule has 0 radical (unpaired) electrons. The van der Waals surface area contributed by atoms with Gasteiger partial charge >= 0.3 is 12.6 Å². The van der Waals surface area contributed by atoms with Gasteiger partial charge in [-0.3, -0.25) is 4.79 Å². The van der Waals surface area contributed by atoms with Gasteiger partial charge in [0.05, 0.1) is 12.1 Å². The molecule has 2 aromatic rings. The normalized spacial score (nSPS) is 17.2. The van der Waals surface area contributed by atoms with Gasteiger partial charge in [0.2, 0.25) is 11.8 Å². The van der Waals surface area contributed by atoms with Gasteiger partial charge in [0.25, 0.3) is 0 Å². The molecule has 10 heteroatoms. The van der Waals surface area contributed by atoms with Gasteiger partial charge in [0.15, 0.2) is 17.2 Å². The van der Waals surface area contributed by atoms with Crippen LogP contribution in [0.3, 0.4) is 0 Å². The summed E-state index contributed by atoms with van der Waals surface area (Å²) in [4.78, 5) is 30.1. The Labute approximate surface area is 186 Å². The summed E-state index contributed by atoms with van der Waals surface area (Å²) in [7, 11) is 1.28. The Bertz CT molecular complexity index is 1130. The van der Waals surface area contributed by atoms with Crippen molar-refractivity contribution in [2.24, 2.45) is 4.99 Å². The molecule has 0 aromatic heterocycles. The van der Waals surface area contributed by atoms with Crippen LogP contribution in [-0.2, 0) is 14.3 Å². The summed E-state index contributed by atoms with van der Waals surface area (Å²) in [6.45, 7) is -2.40. The lowest BCUT2D eigenvalue weighted by atomic mass is 10.1. The van der Waals surface area contributed by atoms with Crippen molar-refractivity contribution in [1.82, 2.24) is 0 Å². The number of amides is 1. The van der Waals surface area contributed by atoms with E-state index in [0.717, 1.165) is 12.1 Å². The number of hydrogen-bond acceptors (Lipinski definition) is 6. The topological polar surface area (TPSA) is 77.4 Å². The number of rotatable bonds is 6. The van der Waals surface area contributed by atoms with Crippen LogP contribution in [0.1, 0.15) is 24.0 Å². The second kappa shape index (κ2) is 8.96. The largest absolute Gasteiger partial charge is 0.493 e. The standard InChI is InChI=1S/C22H17ClF2N2O5/c1-30-17-11-12(9-15(23)19(17)31-22(24)25)10-16-21(29)32-20(26-16)13-4-6-14(7-5-13)27-8-2-3-18(27)28/h4-7,9-11,22H,2-3,8H2,1H3. The van der Waals surface area contributed by atoms with Gasteiger partial charge in [-0.15, -0.1) is 0 Å². The Hall–Kier alpha value is -3.46. The molecule has 32 heavy (non-hydrogen) atoms. The Morgan fingerprint density at radius 2 is 1.97 bits per heavy atom. The van der Waals surface area contributed by atoms with Crippen LogP contribution in [0.2, 0.25) is 5.02 Å². The molecule has 0 spiro atoms. The SMILES string of the molecule is COc1cc(C=C2N=C(c3ccc(N4CCCC4=O)cc3)OC2=O)cc(Cl)c1OC(F)F. The van der Waals surface area contributed by atoms with Gasteiger partial charge in [-0.25, -0.2) is 9.79 Å². The molecule has 2 aliphatic rings. The molecule has 0 aliphatic carbocycles. The number of alkyl halides is 2. The maximum atomic E-state index is 12.6. The second-order valence-corrected chi connectivity index (χ2v) is 7.35. The predicted octanol–water partition coefficient (Wildman–Crippen LogP) is 4.42. The number of hydrogen-bond donors (Lipinski definition) is 0. The van der Waals surface area contributed by atoms with E-state index in [2.05, 4.69) is 9.73 Å². The highest BCUT2D eigenvalue weighted by molar-refractivity contribution is 6.32. The third kappa shape index (κ3) is 4.43. The fourth-order valence-electron chi connectivity index (χ4n) is 3.42. The van der Waals surface area contributed by atoms with E-state index in [4.69, 9.17) is 21.1 Å². The van der Waals surface area contributed by atoms with Crippen LogP contribution in [0.4, 0.5) is 14.5 Å². The van der Waals surface area contributed by atoms with Crippen molar-refractivity contribution in [1.29, 1.82) is 0 Å². The number of carbonyl (C=O) groups is 2. The number of nitrogens with zero attached hydrogens (tertiary/aromatic N) is 2. The average molecular weight is 463 g/mol. The quantitative estimate of drug-likeness (QED) is 0.469. The minimum absolute atomic E-state index is 0.000514. The number of halogens is 3. The van der Waals surface area contributed by atoms with E-state index in [-0.39, 0.29) is 34.0 Å². The summed E-state index contributed by atoms with van der Waals surface area (Å²) in [5.74, 6) is -0.821. The van der Waals surface area contributed by atoms with Crippen LogP contribution in [0, 0.1) is 0 Å². The highest BCUT2D eigenvalue weighted by Gasteiger charge is 2.26. The molecule has 166 valence electrons. The lowest BCUT2D eigenvalue weighted by molar-refractivity contribution is -0.130. The van der Waals surface area contributed by atoms with Crippen molar-refractivity contribution in [3.8, 4) is 11.5 Å². The first-order valence-electron chi connectivity index (χ1n) is 9.61. The third-order valence-electron chi connectivity index (χ3n) is 4.88. The zero-order valence-corrected chi connectivity index (χ0v) is 17.6. The number of esters is 1. The Balaban J connectivity index is 1.59. The molecule has 0 unspecified atom stereocenters. The van der Waals surface area contributed by atoms with E-state index in [1.165, 1.54) is 25.3 Å². The molecule has 2 aliphatic heterocycles. The third-order valence-corrected chi connectivity index (χ3v) is 5.16. The minimum Gasteiger partial charge on any atom is -0.493 e. The number of benzene rings is 2. The summed E-state index contributed by atoms with van der Waals surface area (Å²) in [5, 5.41) is -0.112. The minimum atomic E-state index is -3.07. The number of carbonyl (C=O) groups excluding carboxylic acids is 2. The molecule has 0 bridgehead atoms. The van der Waals surface area contributed by atoms with Crippen molar-refractivity contribution >= 4 is 41.1 Å². The Morgan fingerprint density at radius 1 is 1.22 bits per heavy atom. The molecular weight excluding hydrogens is 446 g/mol. The fourth-order valence-corrected chi connectivity index (χ4v) is 3.69. The van der Waals surface area contributed by atoms with Gasteiger partial charge in [0.1, 0.15) is 0 Å². The average Bonchev–Trinajstić information content (AvgIpc) is 3.35. The fraction of sp³-hybridized carbons (Fsp3) is 0.227. The zero-order chi connectivity index (χ0) is 22.8. The summed E-state index contributed by atoms with van der Waals surface area (Å²) < 4.78 is 39.9. The van der Waals surface area contributed by atoms with Crippen LogP contribution in [-0.4, -0.2) is 38.0 Å². The van der Waals surface area contributed by atoms with Crippen molar-refractivity contribution in [3.05, 3.63) is 58.2 Å². The molecule has 1 fully saturated rings. The molecule has 0 N–H and O–H groups in total. The first-order valence-corrected chi connectivity index (χ1v) is 9.99. The summed E-state index contributed by atoms with van der Waals surface area (Å²) >= 11 is 6.04. The van der Waals surface area contributed by atoms with Crippen molar-refractivity contribution in [2.45, 2.75) is 19.5 Å². The predicted molar refractivity (Wildman–Crippen MR) is 113 cm³/mol. The maximum absolute atomic E-state index is 12.6. The Kier molecular flexibility index (Phi) is 6.09. The van der Waals surface area contributed by atoms with Crippen LogP contribution < -0.4 is 14.4 Å². The number of ether oxygens (including phenoxy) is 3. The van der Waals surface area contributed by atoms with E-state index in [1.54, 1.807) is 29.2 Å². The Morgan fingerprint density at radius 3 is 2.59 bits per heavy atom. The molecular formula is C22H17ClF2N2O5. The van der Waals surface area contributed by atoms with Crippen LogP contribution in [0.5, 0.6) is 11.5 Å². The first-order chi connectivity index (χ1) is 15.4. The van der Waals surface area contributed by atoms with Crippen molar-refractivity contribution < 1.29 is 32.6 Å². The summed E-state index contributed by atoms with van der Waals surface area (Å²) in [5.41, 5.74) is 1.71. The van der Waals surface area contributed by atoms with Gasteiger partial charge < -0.3 is 19.1 Å². The number of anilines is 1. The molecule has 7 nitrogen and oxygen atoms in total. The van der Waals surface area contributed by atoms with Crippen molar-refractivity contribution in [3.63, 3.8) is 0 Å². The zero-order valence-electron chi connectivity index (χ0n) is 16.8. The van der Waals surface area contributed by atoms with E-state index in [1.807, 2.05) is 0 Å². The molecule has 2 aromatic carbocycles. The molecule has 4 rings (SSSR count). The van der Waals surface area contributed by atoms with Gasteiger partial charge in [0, 0.05) is 24.2 Å².